The van der Waals surface area contributed by atoms with Gasteiger partial charge in [-0.15, -0.1) is 0 Å². The van der Waals surface area contributed by atoms with Crippen molar-refractivity contribution in [2.45, 2.75) is 13.0 Å². The number of carbonyl (C=O) groups excluding carboxylic acids is 1. The molecule has 0 aliphatic rings. The smallest absolute Gasteiger partial charge is 0.227 e. The van der Waals surface area contributed by atoms with Gasteiger partial charge in [-0.05, 0) is 5.56 Å². The lowest BCUT2D eigenvalue weighted by Gasteiger charge is -2.03. The molecule has 0 aliphatic carbocycles. The Kier molecular flexibility index (Phi) is 3.33. The third-order valence-electron chi connectivity index (χ3n) is 2.22. The summed E-state index contributed by atoms with van der Waals surface area (Å²) in [6, 6.07) is 9.82. The van der Waals surface area contributed by atoms with Gasteiger partial charge in [0, 0.05) is 18.9 Å². The summed E-state index contributed by atoms with van der Waals surface area (Å²) in [6.45, 7) is 0.556. The van der Waals surface area contributed by atoms with Crippen molar-refractivity contribution in [3.63, 3.8) is 0 Å². The molecule has 0 bridgehead atoms. The van der Waals surface area contributed by atoms with Crippen LogP contribution in [0.1, 0.15) is 11.4 Å². The molecule has 0 fully saturated rings. The highest BCUT2D eigenvalue weighted by Gasteiger charge is 2.04. The zero-order chi connectivity index (χ0) is 11.2. The van der Waals surface area contributed by atoms with Gasteiger partial charge in [-0.2, -0.15) is 0 Å². The Morgan fingerprint density at radius 1 is 1.31 bits per heavy atom. The molecule has 0 aliphatic heterocycles. The normalized spacial score (nSPS) is 10.0. The van der Waals surface area contributed by atoms with Gasteiger partial charge in [0.15, 0.2) is 0 Å². The molecule has 82 valence electrons. The third kappa shape index (κ3) is 2.95. The van der Waals surface area contributed by atoms with E-state index in [2.05, 4.69) is 15.3 Å². The van der Waals surface area contributed by atoms with E-state index in [1.807, 2.05) is 30.3 Å². The van der Waals surface area contributed by atoms with E-state index >= 15 is 0 Å². The topological polar surface area (TPSA) is 57.8 Å². The number of hydrogen-bond acceptors (Lipinski definition) is 2. The Labute approximate surface area is 93.7 Å². The molecular weight excluding hydrogens is 202 g/mol. The Hall–Kier alpha value is -2.10. The maximum atomic E-state index is 11.5. The summed E-state index contributed by atoms with van der Waals surface area (Å²) < 4.78 is 0. The first-order valence-corrected chi connectivity index (χ1v) is 5.13. The first-order chi connectivity index (χ1) is 7.84. The highest BCUT2D eigenvalue weighted by molar-refractivity contribution is 5.77. The molecule has 1 heterocycles. The van der Waals surface area contributed by atoms with Crippen LogP contribution >= 0.6 is 0 Å². The second-order valence-electron chi connectivity index (χ2n) is 3.47. The molecule has 2 N–H and O–H groups in total. The quantitative estimate of drug-likeness (QED) is 0.806. The Balaban J connectivity index is 1.80. The van der Waals surface area contributed by atoms with Crippen LogP contribution in [0.5, 0.6) is 0 Å². The summed E-state index contributed by atoms with van der Waals surface area (Å²) in [5.74, 6) is 0.657. The molecule has 16 heavy (non-hydrogen) atoms. The highest BCUT2D eigenvalue weighted by Crippen LogP contribution is 1.97. The number of imidazole rings is 1. The van der Waals surface area contributed by atoms with Crippen molar-refractivity contribution in [3.8, 4) is 0 Å². The van der Waals surface area contributed by atoms with Gasteiger partial charge in [0.25, 0.3) is 0 Å². The summed E-state index contributed by atoms with van der Waals surface area (Å²) in [4.78, 5) is 18.4. The van der Waals surface area contributed by atoms with E-state index in [9.17, 15) is 4.79 Å². The molecule has 0 atom stereocenters. The van der Waals surface area contributed by atoms with E-state index < -0.39 is 0 Å². The first kappa shape index (κ1) is 10.4. The van der Waals surface area contributed by atoms with Crippen LogP contribution < -0.4 is 5.32 Å². The molecule has 1 amide bonds. The van der Waals surface area contributed by atoms with E-state index in [-0.39, 0.29) is 5.91 Å². The van der Waals surface area contributed by atoms with Crippen LogP contribution in [0.3, 0.4) is 0 Å². The number of amides is 1. The van der Waals surface area contributed by atoms with Crippen LogP contribution in [-0.2, 0) is 17.8 Å². The van der Waals surface area contributed by atoms with E-state index in [0.717, 1.165) is 5.56 Å². The maximum absolute atomic E-state index is 11.5. The number of carbonyl (C=O) groups is 1. The van der Waals surface area contributed by atoms with E-state index in [1.54, 1.807) is 12.4 Å². The number of H-pyrrole nitrogens is 1. The minimum Gasteiger partial charge on any atom is -0.352 e. The van der Waals surface area contributed by atoms with Crippen LogP contribution in [0.15, 0.2) is 42.7 Å². The monoisotopic (exact) mass is 215 g/mol. The summed E-state index contributed by atoms with van der Waals surface area (Å²) >= 11 is 0. The number of benzene rings is 1. The lowest BCUT2D eigenvalue weighted by molar-refractivity contribution is -0.120. The fourth-order valence-electron chi connectivity index (χ4n) is 1.41. The third-order valence-corrected chi connectivity index (χ3v) is 2.22. The van der Waals surface area contributed by atoms with E-state index in [4.69, 9.17) is 0 Å². The van der Waals surface area contributed by atoms with E-state index in [1.165, 1.54) is 0 Å². The second-order valence-corrected chi connectivity index (χ2v) is 3.47. The number of hydrogen-bond donors (Lipinski definition) is 2. The van der Waals surface area contributed by atoms with Gasteiger partial charge < -0.3 is 10.3 Å². The predicted molar refractivity (Wildman–Crippen MR) is 60.6 cm³/mol. The molecule has 1 aromatic carbocycles. The van der Waals surface area contributed by atoms with Crippen molar-refractivity contribution in [2.75, 3.05) is 0 Å². The lowest BCUT2D eigenvalue weighted by Crippen LogP contribution is -2.24. The predicted octanol–water partition coefficient (Wildman–Crippen LogP) is 1.27. The average molecular weight is 215 g/mol. The number of aromatic nitrogens is 2. The molecule has 2 aromatic rings. The Morgan fingerprint density at radius 2 is 2.12 bits per heavy atom. The molecule has 1 aromatic heterocycles. The molecule has 0 saturated heterocycles. The molecule has 0 radical (unpaired) electrons. The highest BCUT2D eigenvalue weighted by atomic mass is 16.1. The second kappa shape index (κ2) is 5.11. The lowest BCUT2D eigenvalue weighted by atomic mass is 10.2. The molecular formula is C12H13N3O. The van der Waals surface area contributed by atoms with Crippen molar-refractivity contribution in [3.05, 3.63) is 54.1 Å². The Bertz CT molecular complexity index is 437. The van der Waals surface area contributed by atoms with Crippen LogP contribution in [0.25, 0.3) is 0 Å². The largest absolute Gasteiger partial charge is 0.352 e. The van der Waals surface area contributed by atoms with Crippen LogP contribution in [0.2, 0.25) is 0 Å². The number of aromatic amines is 1. The average Bonchev–Trinajstić information content (AvgIpc) is 2.81. The zero-order valence-corrected chi connectivity index (χ0v) is 8.81. The van der Waals surface area contributed by atoms with E-state index in [0.29, 0.717) is 18.8 Å². The fraction of sp³-hybridized carbons (Fsp3) is 0.167. The number of nitrogens with one attached hydrogen (secondary N) is 2. The fourth-order valence-corrected chi connectivity index (χ4v) is 1.41. The number of nitrogens with zero attached hydrogens (tertiary/aromatic N) is 1. The zero-order valence-electron chi connectivity index (χ0n) is 8.81. The molecule has 0 unspecified atom stereocenters. The summed E-state index contributed by atoms with van der Waals surface area (Å²) in [5.41, 5.74) is 1.09. The minimum absolute atomic E-state index is 0.0289. The van der Waals surface area contributed by atoms with Gasteiger partial charge in [0.05, 0.1) is 6.42 Å². The van der Waals surface area contributed by atoms with Crippen molar-refractivity contribution in [2.24, 2.45) is 0 Å². The SMILES string of the molecule is O=C(Cc1ncc[nH]1)NCc1ccccc1. The van der Waals surface area contributed by atoms with Gasteiger partial charge in [0.1, 0.15) is 5.82 Å². The van der Waals surface area contributed by atoms with Crippen molar-refractivity contribution in [1.29, 1.82) is 0 Å². The van der Waals surface area contributed by atoms with Crippen molar-refractivity contribution in [1.82, 2.24) is 15.3 Å². The summed E-state index contributed by atoms with van der Waals surface area (Å²) in [7, 11) is 0. The standard InChI is InChI=1S/C12H13N3O/c16-12(8-11-13-6-7-14-11)15-9-10-4-2-1-3-5-10/h1-7H,8-9H2,(H,13,14)(H,15,16). The molecule has 4 nitrogen and oxygen atoms in total. The first-order valence-electron chi connectivity index (χ1n) is 5.13. The molecule has 4 heteroatoms. The van der Waals surface area contributed by atoms with Crippen molar-refractivity contribution < 1.29 is 4.79 Å². The molecule has 2 rings (SSSR count). The summed E-state index contributed by atoms with van der Waals surface area (Å²) in [5, 5.41) is 2.84. The molecule has 0 spiro atoms. The number of rotatable bonds is 4. The Morgan fingerprint density at radius 3 is 2.81 bits per heavy atom. The van der Waals surface area contributed by atoms with Crippen LogP contribution in [0, 0.1) is 0 Å². The van der Waals surface area contributed by atoms with Crippen LogP contribution in [0.4, 0.5) is 0 Å². The maximum Gasteiger partial charge on any atom is 0.227 e. The van der Waals surface area contributed by atoms with Crippen molar-refractivity contribution >= 4 is 5.91 Å². The molecule has 0 saturated carbocycles. The minimum atomic E-state index is -0.0289. The summed E-state index contributed by atoms with van der Waals surface area (Å²) in [6.07, 6.45) is 3.64. The van der Waals surface area contributed by atoms with Gasteiger partial charge in [-0.3, -0.25) is 4.79 Å². The van der Waals surface area contributed by atoms with Gasteiger partial charge in [-0.25, -0.2) is 4.98 Å². The van der Waals surface area contributed by atoms with Gasteiger partial charge >= 0.3 is 0 Å². The van der Waals surface area contributed by atoms with Crippen LogP contribution in [-0.4, -0.2) is 15.9 Å². The van der Waals surface area contributed by atoms with Gasteiger partial charge in [-0.1, -0.05) is 30.3 Å². The van der Waals surface area contributed by atoms with Gasteiger partial charge in [0.2, 0.25) is 5.91 Å².